The first-order valence-electron chi connectivity index (χ1n) is 7.31. The number of hydrogen-bond acceptors (Lipinski definition) is 0. The Kier molecular flexibility index (Phi) is 4.66. The maximum atomic E-state index is 13.3. The van der Waals surface area contributed by atoms with E-state index in [4.69, 9.17) is 11.6 Å². The summed E-state index contributed by atoms with van der Waals surface area (Å²) in [6.45, 7) is 0. The summed E-state index contributed by atoms with van der Waals surface area (Å²) in [6.07, 6.45) is 4.26. The first-order chi connectivity index (χ1) is 10.1. The number of aryl methyl sites for hydroxylation is 1. The van der Waals surface area contributed by atoms with Crippen molar-refractivity contribution in [2.24, 2.45) is 5.92 Å². The van der Waals surface area contributed by atoms with Gasteiger partial charge < -0.3 is 0 Å². The molecule has 2 aromatic carbocycles. The molecule has 1 aliphatic carbocycles. The molecule has 0 nitrogen and oxygen atoms in total. The summed E-state index contributed by atoms with van der Waals surface area (Å²) in [5.74, 6) is 0.181. The van der Waals surface area contributed by atoms with E-state index in [1.165, 1.54) is 17.2 Å². The average molecular weight is 368 g/mol. The van der Waals surface area contributed by atoms with E-state index in [1.54, 1.807) is 0 Å². The number of halogens is 3. The smallest absolute Gasteiger partial charge is 0.137 e. The van der Waals surface area contributed by atoms with Gasteiger partial charge in [0.2, 0.25) is 0 Å². The summed E-state index contributed by atoms with van der Waals surface area (Å²) < 4.78 is 13.9. The van der Waals surface area contributed by atoms with E-state index in [-0.39, 0.29) is 11.2 Å². The van der Waals surface area contributed by atoms with Crippen LogP contribution in [0.4, 0.5) is 4.39 Å². The molecule has 110 valence electrons. The van der Waals surface area contributed by atoms with Gasteiger partial charge >= 0.3 is 0 Å². The lowest BCUT2D eigenvalue weighted by atomic mass is 9.90. The van der Waals surface area contributed by atoms with Gasteiger partial charge in [0, 0.05) is 0 Å². The number of fused-ring (bicyclic) bond motifs is 1. The second kappa shape index (κ2) is 6.50. The van der Waals surface area contributed by atoms with Crippen LogP contribution in [0.1, 0.15) is 34.9 Å². The molecule has 0 fully saturated rings. The van der Waals surface area contributed by atoms with Gasteiger partial charge in [0.05, 0.1) is 9.85 Å². The van der Waals surface area contributed by atoms with Crippen LogP contribution >= 0.6 is 27.5 Å². The lowest BCUT2D eigenvalue weighted by Crippen LogP contribution is -2.10. The second-order valence-corrected chi connectivity index (χ2v) is 7.03. The van der Waals surface area contributed by atoms with Crippen LogP contribution in [-0.2, 0) is 12.8 Å². The minimum absolute atomic E-state index is 0.0347. The van der Waals surface area contributed by atoms with Crippen molar-refractivity contribution >= 4 is 27.5 Å². The summed E-state index contributed by atoms with van der Waals surface area (Å²) in [4.78, 5) is 0. The summed E-state index contributed by atoms with van der Waals surface area (Å²) in [5, 5.41) is 0.0347. The van der Waals surface area contributed by atoms with E-state index in [9.17, 15) is 4.39 Å². The highest BCUT2D eigenvalue weighted by Gasteiger charge is 2.26. The van der Waals surface area contributed by atoms with Crippen LogP contribution in [-0.4, -0.2) is 0 Å². The second-order valence-electron chi connectivity index (χ2n) is 5.71. The van der Waals surface area contributed by atoms with Gasteiger partial charge in [-0.15, -0.1) is 11.6 Å². The Morgan fingerprint density at radius 1 is 1.19 bits per heavy atom. The van der Waals surface area contributed by atoms with Gasteiger partial charge in [-0.3, -0.25) is 0 Å². The van der Waals surface area contributed by atoms with Crippen LogP contribution in [0.3, 0.4) is 0 Å². The van der Waals surface area contributed by atoms with Crippen molar-refractivity contribution in [3.63, 3.8) is 0 Å². The van der Waals surface area contributed by atoms with E-state index >= 15 is 0 Å². The van der Waals surface area contributed by atoms with Gasteiger partial charge in [-0.1, -0.05) is 30.3 Å². The topological polar surface area (TPSA) is 0 Å². The molecule has 0 N–H and O–H groups in total. The quantitative estimate of drug-likeness (QED) is 0.447. The molecule has 2 atom stereocenters. The Balaban J connectivity index is 1.84. The Morgan fingerprint density at radius 3 is 2.81 bits per heavy atom. The third-order valence-corrected chi connectivity index (χ3v) is 5.47. The van der Waals surface area contributed by atoms with Crippen molar-refractivity contribution in [2.75, 3.05) is 0 Å². The van der Waals surface area contributed by atoms with Crippen LogP contribution in [0.15, 0.2) is 46.9 Å². The molecule has 0 saturated heterocycles. The molecular formula is C18H17BrClF. The molecule has 0 aliphatic heterocycles. The molecule has 0 spiro atoms. The Bertz CT molecular complexity index is 641. The van der Waals surface area contributed by atoms with Gasteiger partial charge in [0.1, 0.15) is 5.82 Å². The highest BCUT2D eigenvalue weighted by Crippen LogP contribution is 2.39. The largest absolute Gasteiger partial charge is 0.206 e. The molecule has 3 rings (SSSR count). The Hall–Kier alpha value is -0.860. The SMILES string of the molecule is Fc1ccc(CC2CCCc3ccccc3C2Cl)cc1Br. The van der Waals surface area contributed by atoms with E-state index in [2.05, 4.69) is 40.2 Å². The number of benzene rings is 2. The molecule has 0 heterocycles. The summed E-state index contributed by atoms with van der Waals surface area (Å²) in [7, 11) is 0. The monoisotopic (exact) mass is 366 g/mol. The predicted molar refractivity (Wildman–Crippen MR) is 89.3 cm³/mol. The summed E-state index contributed by atoms with van der Waals surface area (Å²) in [6, 6.07) is 13.7. The number of rotatable bonds is 2. The van der Waals surface area contributed by atoms with Crippen molar-refractivity contribution in [3.8, 4) is 0 Å². The maximum absolute atomic E-state index is 13.3. The Labute approximate surface area is 138 Å². The molecule has 2 aromatic rings. The maximum Gasteiger partial charge on any atom is 0.137 e. The summed E-state index contributed by atoms with van der Waals surface area (Å²) in [5.41, 5.74) is 3.78. The normalized spacial score (nSPS) is 21.7. The fourth-order valence-corrected chi connectivity index (χ4v) is 4.01. The van der Waals surface area contributed by atoms with Crippen molar-refractivity contribution in [3.05, 3.63) is 69.4 Å². The van der Waals surface area contributed by atoms with Gasteiger partial charge in [0.15, 0.2) is 0 Å². The van der Waals surface area contributed by atoms with Crippen LogP contribution in [0.5, 0.6) is 0 Å². The molecule has 2 unspecified atom stereocenters. The van der Waals surface area contributed by atoms with Gasteiger partial charge in [-0.05, 0) is 76.4 Å². The zero-order valence-electron chi connectivity index (χ0n) is 11.7. The molecule has 3 heteroatoms. The third-order valence-electron chi connectivity index (χ3n) is 4.27. The molecular weight excluding hydrogens is 351 g/mol. The zero-order chi connectivity index (χ0) is 14.8. The van der Waals surface area contributed by atoms with Gasteiger partial charge in [0.25, 0.3) is 0 Å². The van der Waals surface area contributed by atoms with E-state index in [0.29, 0.717) is 10.4 Å². The highest BCUT2D eigenvalue weighted by atomic mass is 79.9. The molecule has 0 aromatic heterocycles. The number of alkyl halides is 1. The standard InChI is InChI=1S/C18H17BrClF/c19-16-11-12(8-9-17(16)21)10-14-6-3-5-13-4-1-2-7-15(13)18(14)20/h1-2,4,7-9,11,14,18H,3,5-6,10H2. The molecule has 0 bridgehead atoms. The van der Waals surface area contributed by atoms with Crippen LogP contribution in [0.25, 0.3) is 0 Å². The average Bonchev–Trinajstić information content (AvgIpc) is 2.64. The number of hydrogen-bond donors (Lipinski definition) is 0. The lowest BCUT2D eigenvalue weighted by molar-refractivity contribution is 0.465. The minimum Gasteiger partial charge on any atom is -0.206 e. The molecule has 21 heavy (non-hydrogen) atoms. The zero-order valence-corrected chi connectivity index (χ0v) is 14.0. The van der Waals surface area contributed by atoms with E-state index < -0.39 is 0 Å². The first kappa shape index (κ1) is 15.1. The lowest BCUT2D eigenvalue weighted by Gasteiger charge is -2.21. The molecule has 1 aliphatic rings. The minimum atomic E-state index is -0.215. The third kappa shape index (κ3) is 3.32. The molecule has 0 saturated carbocycles. The summed E-state index contributed by atoms with van der Waals surface area (Å²) >= 11 is 10.0. The fourth-order valence-electron chi connectivity index (χ4n) is 3.16. The fraction of sp³-hybridized carbons (Fsp3) is 0.333. The highest BCUT2D eigenvalue weighted by molar-refractivity contribution is 9.10. The van der Waals surface area contributed by atoms with Crippen molar-refractivity contribution < 1.29 is 4.39 Å². The van der Waals surface area contributed by atoms with Crippen molar-refractivity contribution in [1.82, 2.24) is 0 Å². The van der Waals surface area contributed by atoms with Crippen molar-refractivity contribution in [1.29, 1.82) is 0 Å². The van der Waals surface area contributed by atoms with Gasteiger partial charge in [-0.25, -0.2) is 4.39 Å². The van der Waals surface area contributed by atoms with Crippen LogP contribution in [0, 0.1) is 11.7 Å². The predicted octanol–water partition coefficient (Wildman–Crippen LogP) is 6.06. The van der Waals surface area contributed by atoms with E-state index in [0.717, 1.165) is 31.2 Å². The first-order valence-corrected chi connectivity index (χ1v) is 8.54. The van der Waals surface area contributed by atoms with Crippen molar-refractivity contribution in [2.45, 2.75) is 31.1 Å². The Morgan fingerprint density at radius 2 is 2.00 bits per heavy atom. The molecule has 0 radical (unpaired) electrons. The van der Waals surface area contributed by atoms with Crippen LogP contribution < -0.4 is 0 Å². The van der Waals surface area contributed by atoms with E-state index in [1.807, 2.05) is 12.1 Å². The van der Waals surface area contributed by atoms with Gasteiger partial charge in [-0.2, -0.15) is 0 Å². The molecule has 0 amide bonds. The van der Waals surface area contributed by atoms with Crippen LogP contribution in [0.2, 0.25) is 0 Å².